The van der Waals surface area contributed by atoms with Gasteiger partial charge in [-0.3, -0.25) is 9.78 Å². The first-order valence-electron chi connectivity index (χ1n) is 6.82. The fourth-order valence-electron chi connectivity index (χ4n) is 1.66. The molecule has 1 heterocycles. The van der Waals surface area contributed by atoms with Crippen LogP contribution in [0.15, 0.2) is 53.7 Å². The minimum atomic E-state index is -0.0464. The standard InChI is InChI=1S/C16H18N2O3S/c1-20-10-11-21-14-4-2-13(3-5-14)18-16(19)12-22-15-6-8-17-9-7-15/h2-9H,10-12H2,1H3,(H,18,19). The Morgan fingerprint density at radius 1 is 1.14 bits per heavy atom. The first-order chi connectivity index (χ1) is 10.8. The maximum atomic E-state index is 11.9. The summed E-state index contributed by atoms with van der Waals surface area (Å²) in [5.41, 5.74) is 0.749. The van der Waals surface area contributed by atoms with Crippen molar-refractivity contribution in [1.82, 2.24) is 4.98 Å². The van der Waals surface area contributed by atoms with Gasteiger partial charge in [-0.25, -0.2) is 0 Å². The lowest BCUT2D eigenvalue weighted by Crippen LogP contribution is -2.13. The molecule has 5 nitrogen and oxygen atoms in total. The van der Waals surface area contributed by atoms with Crippen molar-refractivity contribution in [3.8, 4) is 5.75 Å². The summed E-state index contributed by atoms with van der Waals surface area (Å²) in [7, 11) is 1.63. The zero-order valence-corrected chi connectivity index (χ0v) is 13.1. The van der Waals surface area contributed by atoms with Gasteiger partial charge in [0.05, 0.1) is 12.4 Å². The predicted octanol–water partition coefficient (Wildman–Crippen LogP) is 2.84. The van der Waals surface area contributed by atoms with Gasteiger partial charge in [-0.05, 0) is 36.4 Å². The molecule has 0 bridgehead atoms. The molecule has 0 saturated heterocycles. The molecule has 0 atom stereocenters. The molecule has 6 heteroatoms. The number of nitrogens with one attached hydrogen (secondary N) is 1. The predicted molar refractivity (Wildman–Crippen MR) is 87.4 cm³/mol. The number of ether oxygens (including phenoxy) is 2. The van der Waals surface area contributed by atoms with Crippen LogP contribution in [0.2, 0.25) is 0 Å². The van der Waals surface area contributed by atoms with Crippen LogP contribution in [0.25, 0.3) is 0 Å². The first kappa shape index (κ1) is 16.3. The van der Waals surface area contributed by atoms with Gasteiger partial charge in [-0.2, -0.15) is 0 Å². The number of carbonyl (C=O) groups is 1. The van der Waals surface area contributed by atoms with E-state index in [4.69, 9.17) is 9.47 Å². The summed E-state index contributed by atoms with van der Waals surface area (Å²) in [5, 5.41) is 2.85. The van der Waals surface area contributed by atoms with Gasteiger partial charge in [0.15, 0.2) is 0 Å². The van der Waals surface area contributed by atoms with E-state index in [9.17, 15) is 4.79 Å². The van der Waals surface area contributed by atoms with E-state index < -0.39 is 0 Å². The SMILES string of the molecule is COCCOc1ccc(NC(=O)CSc2ccncc2)cc1. The topological polar surface area (TPSA) is 60.5 Å². The lowest BCUT2D eigenvalue weighted by Gasteiger charge is -2.08. The Hall–Kier alpha value is -2.05. The fourth-order valence-corrected chi connectivity index (χ4v) is 2.34. The van der Waals surface area contributed by atoms with Crippen molar-refractivity contribution in [3.63, 3.8) is 0 Å². The average molecular weight is 318 g/mol. The molecular weight excluding hydrogens is 300 g/mol. The van der Waals surface area contributed by atoms with E-state index in [0.717, 1.165) is 16.3 Å². The Bertz CT molecular complexity index is 576. The molecule has 2 aromatic rings. The van der Waals surface area contributed by atoms with Crippen LogP contribution in [0.5, 0.6) is 5.75 Å². The average Bonchev–Trinajstić information content (AvgIpc) is 2.56. The highest BCUT2D eigenvalue weighted by molar-refractivity contribution is 8.00. The molecule has 1 aromatic carbocycles. The van der Waals surface area contributed by atoms with Crippen LogP contribution in [0.3, 0.4) is 0 Å². The maximum Gasteiger partial charge on any atom is 0.234 e. The first-order valence-corrected chi connectivity index (χ1v) is 7.81. The number of rotatable bonds is 8. The summed E-state index contributed by atoms with van der Waals surface area (Å²) in [6, 6.07) is 11.0. The molecule has 0 fully saturated rings. The number of aromatic nitrogens is 1. The lowest BCUT2D eigenvalue weighted by atomic mass is 10.3. The number of anilines is 1. The molecule has 116 valence electrons. The highest BCUT2D eigenvalue weighted by Gasteiger charge is 2.04. The molecule has 2 rings (SSSR count). The van der Waals surface area contributed by atoms with Crippen molar-refractivity contribution in [3.05, 3.63) is 48.8 Å². The quantitative estimate of drug-likeness (QED) is 0.599. The van der Waals surface area contributed by atoms with Crippen molar-refractivity contribution in [1.29, 1.82) is 0 Å². The van der Waals surface area contributed by atoms with Gasteiger partial charge in [-0.15, -0.1) is 11.8 Å². The van der Waals surface area contributed by atoms with E-state index in [-0.39, 0.29) is 5.91 Å². The van der Waals surface area contributed by atoms with E-state index in [1.54, 1.807) is 19.5 Å². The fraction of sp³-hybridized carbons (Fsp3) is 0.250. The number of hydrogen-bond acceptors (Lipinski definition) is 5. The van der Waals surface area contributed by atoms with Gasteiger partial charge in [0.2, 0.25) is 5.91 Å². The summed E-state index contributed by atoms with van der Waals surface area (Å²) in [5.74, 6) is 1.06. The Balaban J connectivity index is 1.76. The largest absolute Gasteiger partial charge is 0.491 e. The molecule has 1 aromatic heterocycles. The second-order valence-electron chi connectivity index (χ2n) is 4.39. The number of methoxy groups -OCH3 is 1. The molecule has 0 radical (unpaired) electrons. The maximum absolute atomic E-state index is 11.9. The number of thioether (sulfide) groups is 1. The highest BCUT2D eigenvalue weighted by Crippen LogP contribution is 2.18. The minimum Gasteiger partial charge on any atom is -0.491 e. The monoisotopic (exact) mass is 318 g/mol. The molecule has 22 heavy (non-hydrogen) atoms. The second-order valence-corrected chi connectivity index (χ2v) is 5.43. The van der Waals surface area contributed by atoms with Gasteiger partial charge in [0, 0.05) is 30.1 Å². The van der Waals surface area contributed by atoms with Crippen LogP contribution in [0.4, 0.5) is 5.69 Å². The molecule has 0 aliphatic carbocycles. The third-order valence-electron chi connectivity index (χ3n) is 2.71. The number of amides is 1. The number of pyridine rings is 1. The number of carbonyl (C=O) groups excluding carboxylic acids is 1. The van der Waals surface area contributed by atoms with Crippen molar-refractivity contribution in [2.24, 2.45) is 0 Å². The smallest absolute Gasteiger partial charge is 0.234 e. The van der Waals surface area contributed by atoms with Gasteiger partial charge >= 0.3 is 0 Å². The van der Waals surface area contributed by atoms with Gasteiger partial charge in [-0.1, -0.05) is 0 Å². The zero-order valence-electron chi connectivity index (χ0n) is 12.3. The molecular formula is C16H18N2O3S. The third-order valence-corrected chi connectivity index (χ3v) is 3.73. The van der Waals surface area contributed by atoms with Crippen molar-refractivity contribution in [2.75, 3.05) is 31.4 Å². The van der Waals surface area contributed by atoms with Crippen molar-refractivity contribution in [2.45, 2.75) is 4.90 Å². The number of benzene rings is 1. The van der Waals surface area contributed by atoms with Crippen molar-refractivity contribution < 1.29 is 14.3 Å². The number of hydrogen-bond donors (Lipinski definition) is 1. The zero-order chi connectivity index (χ0) is 15.6. The third kappa shape index (κ3) is 5.75. The summed E-state index contributed by atoms with van der Waals surface area (Å²) >= 11 is 1.47. The van der Waals surface area contributed by atoms with Gasteiger partial charge in [0.1, 0.15) is 12.4 Å². The Kier molecular flexibility index (Phi) is 6.73. The van der Waals surface area contributed by atoms with Gasteiger partial charge < -0.3 is 14.8 Å². The Labute approximate surface area is 134 Å². The van der Waals surface area contributed by atoms with Gasteiger partial charge in [0.25, 0.3) is 0 Å². The molecule has 0 spiro atoms. The van der Waals surface area contributed by atoms with Crippen molar-refractivity contribution >= 4 is 23.4 Å². The van der Waals surface area contributed by atoms with E-state index in [2.05, 4.69) is 10.3 Å². The molecule has 0 saturated carbocycles. The van der Waals surface area contributed by atoms with Crippen LogP contribution in [-0.4, -0.2) is 37.0 Å². The van der Waals surface area contributed by atoms with Crippen LogP contribution >= 0.6 is 11.8 Å². The summed E-state index contributed by atoms with van der Waals surface area (Å²) in [6.45, 7) is 1.05. The van der Waals surface area contributed by atoms with Crippen LogP contribution < -0.4 is 10.1 Å². The summed E-state index contributed by atoms with van der Waals surface area (Å²) in [6.07, 6.45) is 3.42. The van der Waals surface area contributed by atoms with E-state index >= 15 is 0 Å². The molecule has 0 unspecified atom stereocenters. The normalized spacial score (nSPS) is 10.2. The molecule has 0 aliphatic heterocycles. The molecule has 1 amide bonds. The summed E-state index contributed by atoms with van der Waals surface area (Å²) < 4.78 is 10.4. The van der Waals surface area contributed by atoms with Crippen LogP contribution in [0, 0.1) is 0 Å². The van der Waals surface area contributed by atoms with E-state index in [1.165, 1.54) is 11.8 Å². The Morgan fingerprint density at radius 3 is 2.55 bits per heavy atom. The molecule has 1 N–H and O–H groups in total. The van der Waals surface area contributed by atoms with E-state index in [1.807, 2.05) is 36.4 Å². The van der Waals surface area contributed by atoms with E-state index in [0.29, 0.717) is 19.0 Å². The number of nitrogens with zero attached hydrogens (tertiary/aromatic N) is 1. The summed E-state index contributed by atoms with van der Waals surface area (Å²) in [4.78, 5) is 16.8. The second kappa shape index (κ2) is 9.07. The molecule has 0 aliphatic rings. The lowest BCUT2D eigenvalue weighted by molar-refractivity contribution is -0.113. The highest BCUT2D eigenvalue weighted by atomic mass is 32.2. The van der Waals surface area contributed by atoms with Crippen LogP contribution in [-0.2, 0) is 9.53 Å². The van der Waals surface area contributed by atoms with Crippen LogP contribution in [0.1, 0.15) is 0 Å². The Morgan fingerprint density at radius 2 is 1.86 bits per heavy atom. The minimum absolute atomic E-state index is 0.0464.